The van der Waals surface area contributed by atoms with Crippen molar-refractivity contribution < 1.29 is 14.6 Å². The predicted molar refractivity (Wildman–Crippen MR) is 80.3 cm³/mol. The number of hydrogen-bond donors (Lipinski definition) is 1. The van der Waals surface area contributed by atoms with E-state index in [-0.39, 0.29) is 5.75 Å². The summed E-state index contributed by atoms with van der Waals surface area (Å²) >= 11 is 1.27. The topological polar surface area (TPSA) is 64.4 Å². The minimum absolute atomic E-state index is 0.0488. The average Bonchev–Trinajstić information content (AvgIpc) is 2.82. The first-order chi connectivity index (χ1) is 9.69. The molecule has 0 fully saturated rings. The van der Waals surface area contributed by atoms with E-state index in [4.69, 9.17) is 9.84 Å². The fraction of sp³-hybridized carbons (Fsp3) is 0.714. The Morgan fingerprint density at radius 1 is 1.40 bits per heavy atom. The number of hydrogen-bond acceptors (Lipinski definition) is 4. The van der Waals surface area contributed by atoms with Gasteiger partial charge in [-0.05, 0) is 19.3 Å². The number of carboxylic acids is 1. The van der Waals surface area contributed by atoms with E-state index in [0.717, 1.165) is 56.3 Å². The molecular weight excluding hydrogens is 276 g/mol. The molecule has 1 heterocycles. The smallest absolute Gasteiger partial charge is 0.313 e. The van der Waals surface area contributed by atoms with Crippen LogP contribution in [0.15, 0.2) is 11.4 Å². The highest BCUT2D eigenvalue weighted by molar-refractivity contribution is 7.99. The number of rotatable bonds is 11. The number of carboxylic acid groups (broad SMARTS) is 1. The molecule has 6 heteroatoms. The largest absolute Gasteiger partial charge is 0.481 e. The monoisotopic (exact) mass is 300 g/mol. The first kappa shape index (κ1) is 17.0. The Labute approximate surface area is 124 Å². The third-order valence-corrected chi connectivity index (χ3v) is 3.88. The summed E-state index contributed by atoms with van der Waals surface area (Å²) in [5.74, 6) is -0.766. The number of nitrogens with zero attached hydrogens (tertiary/aromatic N) is 2. The summed E-state index contributed by atoms with van der Waals surface area (Å²) in [6.45, 7) is 6.62. The predicted octanol–water partition coefficient (Wildman–Crippen LogP) is 2.83. The summed E-state index contributed by atoms with van der Waals surface area (Å²) in [6.07, 6.45) is 5.91. The van der Waals surface area contributed by atoms with Gasteiger partial charge in [-0.1, -0.05) is 32.0 Å². The fourth-order valence-corrected chi connectivity index (χ4v) is 2.57. The summed E-state index contributed by atoms with van der Waals surface area (Å²) in [5, 5.41) is 9.54. The van der Waals surface area contributed by atoms with Crippen LogP contribution in [0.1, 0.15) is 38.8 Å². The minimum Gasteiger partial charge on any atom is -0.481 e. The van der Waals surface area contributed by atoms with Crippen molar-refractivity contribution in [2.45, 2.75) is 51.2 Å². The Hall–Kier alpha value is -1.01. The molecule has 114 valence electrons. The maximum Gasteiger partial charge on any atom is 0.313 e. The molecule has 0 radical (unpaired) electrons. The zero-order valence-corrected chi connectivity index (χ0v) is 13.1. The molecule has 1 rings (SSSR count). The zero-order valence-electron chi connectivity index (χ0n) is 12.3. The third-order valence-electron chi connectivity index (χ3n) is 2.90. The van der Waals surface area contributed by atoms with Crippen molar-refractivity contribution in [2.24, 2.45) is 0 Å². The summed E-state index contributed by atoms with van der Waals surface area (Å²) in [7, 11) is 0. The molecule has 0 saturated heterocycles. The van der Waals surface area contributed by atoms with E-state index in [0.29, 0.717) is 0 Å². The highest BCUT2D eigenvalue weighted by atomic mass is 32.2. The van der Waals surface area contributed by atoms with Gasteiger partial charge in [-0.25, -0.2) is 4.98 Å². The Morgan fingerprint density at radius 3 is 2.80 bits per heavy atom. The van der Waals surface area contributed by atoms with Gasteiger partial charge < -0.3 is 14.4 Å². The lowest BCUT2D eigenvalue weighted by molar-refractivity contribution is -0.133. The number of ether oxygens (including phenoxy) is 1. The molecule has 1 aromatic heterocycles. The number of thioether (sulfide) groups is 1. The van der Waals surface area contributed by atoms with E-state index < -0.39 is 5.97 Å². The second-order valence-corrected chi connectivity index (χ2v) is 5.48. The van der Waals surface area contributed by atoms with Gasteiger partial charge in [-0.2, -0.15) is 0 Å². The minimum atomic E-state index is -0.814. The van der Waals surface area contributed by atoms with Gasteiger partial charge in [0, 0.05) is 31.6 Å². The molecular formula is C14H24N2O3S. The number of aromatic nitrogens is 2. The van der Waals surface area contributed by atoms with Crippen LogP contribution in [0.3, 0.4) is 0 Å². The number of imidazole rings is 1. The van der Waals surface area contributed by atoms with Gasteiger partial charge in [0.2, 0.25) is 0 Å². The maximum atomic E-state index is 10.6. The van der Waals surface area contributed by atoms with E-state index in [9.17, 15) is 4.79 Å². The number of carbonyl (C=O) groups is 1. The molecule has 0 aromatic carbocycles. The molecule has 0 aliphatic heterocycles. The molecule has 0 saturated carbocycles. The van der Waals surface area contributed by atoms with Crippen LogP contribution in [0.5, 0.6) is 0 Å². The average molecular weight is 300 g/mol. The maximum absolute atomic E-state index is 10.6. The normalized spacial score (nSPS) is 10.9. The highest BCUT2D eigenvalue weighted by Crippen LogP contribution is 2.19. The lowest BCUT2D eigenvalue weighted by Crippen LogP contribution is -2.08. The number of aliphatic carboxylic acids is 1. The van der Waals surface area contributed by atoms with Crippen LogP contribution in [-0.4, -0.2) is 39.6 Å². The Morgan fingerprint density at radius 2 is 2.15 bits per heavy atom. The van der Waals surface area contributed by atoms with Crippen LogP contribution in [0.4, 0.5) is 0 Å². The second-order valence-electron chi connectivity index (χ2n) is 4.54. The molecule has 20 heavy (non-hydrogen) atoms. The zero-order chi connectivity index (χ0) is 14.8. The summed E-state index contributed by atoms with van der Waals surface area (Å²) < 4.78 is 7.66. The van der Waals surface area contributed by atoms with Crippen molar-refractivity contribution in [3.8, 4) is 0 Å². The van der Waals surface area contributed by atoms with Crippen LogP contribution in [-0.2, 0) is 22.5 Å². The Kier molecular flexibility index (Phi) is 8.37. The van der Waals surface area contributed by atoms with Gasteiger partial charge >= 0.3 is 5.97 Å². The van der Waals surface area contributed by atoms with Crippen molar-refractivity contribution in [2.75, 3.05) is 19.0 Å². The number of unbranched alkanes of at least 4 members (excludes halogenated alkanes) is 1. The van der Waals surface area contributed by atoms with Crippen molar-refractivity contribution >= 4 is 17.7 Å². The lowest BCUT2D eigenvalue weighted by Gasteiger charge is -2.10. The first-order valence-corrected chi connectivity index (χ1v) is 8.14. The molecule has 0 unspecified atom stereocenters. The summed E-state index contributed by atoms with van der Waals surface area (Å²) in [6, 6.07) is 0. The molecule has 1 N–H and O–H groups in total. The van der Waals surface area contributed by atoms with Gasteiger partial charge in [-0.3, -0.25) is 4.79 Å². The highest BCUT2D eigenvalue weighted by Gasteiger charge is 2.10. The van der Waals surface area contributed by atoms with Crippen LogP contribution in [0, 0.1) is 0 Å². The third kappa shape index (κ3) is 5.96. The van der Waals surface area contributed by atoms with Gasteiger partial charge in [0.1, 0.15) is 0 Å². The molecule has 0 bridgehead atoms. The van der Waals surface area contributed by atoms with Crippen LogP contribution >= 0.6 is 11.8 Å². The van der Waals surface area contributed by atoms with E-state index in [1.807, 2.05) is 6.20 Å². The van der Waals surface area contributed by atoms with Crippen LogP contribution in [0.2, 0.25) is 0 Å². The molecule has 5 nitrogen and oxygen atoms in total. The van der Waals surface area contributed by atoms with Crippen molar-refractivity contribution in [3.63, 3.8) is 0 Å². The molecule has 0 atom stereocenters. The summed E-state index contributed by atoms with van der Waals surface area (Å²) in [4.78, 5) is 15.0. The van der Waals surface area contributed by atoms with E-state index >= 15 is 0 Å². The standard InChI is InChI=1S/C14H24N2O3S/c1-3-5-8-19-9-6-7-16-12(4-2)10-15-14(16)20-11-13(17)18/h10H,3-9,11H2,1-2H3,(H,17,18). The molecule has 0 amide bonds. The number of aryl methyl sites for hydroxylation is 1. The molecule has 1 aromatic rings. The molecule has 0 aliphatic rings. The Balaban J connectivity index is 2.44. The lowest BCUT2D eigenvalue weighted by atomic mass is 10.3. The van der Waals surface area contributed by atoms with Crippen molar-refractivity contribution in [1.82, 2.24) is 9.55 Å². The molecule has 0 spiro atoms. The van der Waals surface area contributed by atoms with E-state index in [1.165, 1.54) is 11.8 Å². The second kappa shape index (κ2) is 9.83. The fourth-order valence-electron chi connectivity index (χ4n) is 1.83. The quantitative estimate of drug-likeness (QED) is 0.503. The van der Waals surface area contributed by atoms with Gasteiger partial charge in [0.05, 0.1) is 5.75 Å². The molecule has 0 aliphatic carbocycles. The SMILES string of the molecule is CCCCOCCCn1c(CC)cnc1SCC(=O)O. The van der Waals surface area contributed by atoms with Gasteiger partial charge in [-0.15, -0.1) is 0 Å². The summed E-state index contributed by atoms with van der Waals surface area (Å²) in [5.41, 5.74) is 1.14. The van der Waals surface area contributed by atoms with Crippen LogP contribution in [0.25, 0.3) is 0 Å². The van der Waals surface area contributed by atoms with Gasteiger partial charge in [0.25, 0.3) is 0 Å². The van der Waals surface area contributed by atoms with Gasteiger partial charge in [0.15, 0.2) is 5.16 Å². The van der Waals surface area contributed by atoms with E-state index in [2.05, 4.69) is 23.4 Å². The van der Waals surface area contributed by atoms with E-state index in [1.54, 1.807) is 0 Å². The van der Waals surface area contributed by atoms with Crippen molar-refractivity contribution in [3.05, 3.63) is 11.9 Å². The Bertz CT molecular complexity index is 407. The van der Waals surface area contributed by atoms with Crippen LogP contribution < -0.4 is 0 Å². The van der Waals surface area contributed by atoms with Crippen molar-refractivity contribution in [1.29, 1.82) is 0 Å². The first-order valence-electron chi connectivity index (χ1n) is 7.15.